The Labute approximate surface area is 158 Å². The second kappa shape index (κ2) is 9.25. The van der Waals surface area contributed by atoms with E-state index in [1.807, 2.05) is 18.2 Å². The van der Waals surface area contributed by atoms with E-state index in [2.05, 4.69) is 0 Å². The van der Waals surface area contributed by atoms with E-state index in [0.717, 1.165) is 5.56 Å². The first-order chi connectivity index (χ1) is 12.5. The third kappa shape index (κ3) is 4.99. The lowest BCUT2D eigenvalue weighted by Gasteiger charge is -2.26. The maximum Gasteiger partial charge on any atom is 0.310 e. The molecule has 0 spiro atoms. The normalized spacial score (nSPS) is 11.5. The molecule has 0 aliphatic carbocycles. The number of halogens is 1. The van der Waals surface area contributed by atoms with Crippen LogP contribution in [0.2, 0.25) is 5.02 Å². The van der Waals surface area contributed by atoms with E-state index in [0.29, 0.717) is 22.9 Å². The van der Waals surface area contributed by atoms with Crippen LogP contribution in [0.3, 0.4) is 0 Å². The summed E-state index contributed by atoms with van der Waals surface area (Å²) in [6.07, 6.45) is 0. The van der Waals surface area contributed by atoms with Gasteiger partial charge in [0.25, 0.3) is 5.91 Å². The number of hydrogen-bond acceptors (Lipinski definition) is 4. The van der Waals surface area contributed by atoms with Crippen molar-refractivity contribution in [2.24, 2.45) is 5.92 Å². The molecule has 0 saturated heterocycles. The summed E-state index contributed by atoms with van der Waals surface area (Å²) in [4.78, 5) is 26.4. The lowest BCUT2D eigenvalue weighted by Crippen LogP contribution is -2.37. The van der Waals surface area contributed by atoms with Gasteiger partial charge in [-0.05, 0) is 35.9 Å². The zero-order valence-electron chi connectivity index (χ0n) is 15.1. The zero-order valence-corrected chi connectivity index (χ0v) is 15.8. The van der Waals surface area contributed by atoms with E-state index < -0.39 is 5.92 Å². The van der Waals surface area contributed by atoms with E-state index in [9.17, 15) is 9.59 Å². The van der Waals surface area contributed by atoms with Gasteiger partial charge in [-0.1, -0.05) is 36.7 Å². The van der Waals surface area contributed by atoms with Crippen LogP contribution in [-0.2, 0) is 16.1 Å². The molecule has 0 saturated carbocycles. The first-order valence-corrected chi connectivity index (χ1v) is 8.58. The molecule has 0 heterocycles. The Balaban J connectivity index is 2.27. The van der Waals surface area contributed by atoms with Crippen LogP contribution in [0.15, 0.2) is 48.5 Å². The van der Waals surface area contributed by atoms with Crippen molar-refractivity contribution in [3.05, 3.63) is 64.7 Å². The zero-order chi connectivity index (χ0) is 19.1. The smallest absolute Gasteiger partial charge is 0.310 e. The van der Waals surface area contributed by atoms with Crippen molar-refractivity contribution >= 4 is 23.5 Å². The molecule has 1 amide bonds. The number of carbonyl (C=O) groups excluding carboxylic acids is 2. The molecule has 138 valence electrons. The summed E-state index contributed by atoms with van der Waals surface area (Å²) in [7, 11) is 2.90. The van der Waals surface area contributed by atoms with Crippen LogP contribution >= 0.6 is 11.6 Å². The topological polar surface area (TPSA) is 55.8 Å². The van der Waals surface area contributed by atoms with Crippen molar-refractivity contribution in [1.29, 1.82) is 0 Å². The highest BCUT2D eigenvalue weighted by Gasteiger charge is 2.23. The molecule has 0 N–H and O–H groups in total. The van der Waals surface area contributed by atoms with Crippen molar-refractivity contribution in [2.45, 2.75) is 13.5 Å². The van der Waals surface area contributed by atoms with E-state index in [4.69, 9.17) is 21.1 Å². The maximum atomic E-state index is 13.0. The quantitative estimate of drug-likeness (QED) is 0.691. The summed E-state index contributed by atoms with van der Waals surface area (Å²) >= 11 is 6.24. The number of methoxy groups -OCH3 is 2. The molecule has 5 nitrogen and oxygen atoms in total. The van der Waals surface area contributed by atoms with Gasteiger partial charge in [-0.3, -0.25) is 9.59 Å². The fraction of sp³-hybridized carbons (Fsp3) is 0.300. The van der Waals surface area contributed by atoms with Crippen LogP contribution in [0, 0.1) is 5.92 Å². The maximum absolute atomic E-state index is 13.0. The Bertz CT molecular complexity index is 761. The third-order valence-corrected chi connectivity index (χ3v) is 4.41. The van der Waals surface area contributed by atoms with E-state index in [1.165, 1.54) is 7.11 Å². The highest BCUT2D eigenvalue weighted by Crippen LogP contribution is 2.20. The van der Waals surface area contributed by atoms with Gasteiger partial charge in [-0.25, -0.2) is 0 Å². The molecule has 0 bridgehead atoms. The minimum Gasteiger partial charge on any atom is -0.497 e. The number of ether oxygens (including phenoxy) is 2. The lowest BCUT2D eigenvalue weighted by molar-refractivity contribution is -0.145. The molecule has 2 aromatic carbocycles. The second-order valence-electron chi connectivity index (χ2n) is 5.93. The fourth-order valence-corrected chi connectivity index (χ4v) is 2.77. The predicted molar refractivity (Wildman–Crippen MR) is 100 cm³/mol. The molecular weight excluding hydrogens is 354 g/mol. The van der Waals surface area contributed by atoms with Crippen LogP contribution in [0.5, 0.6) is 5.75 Å². The van der Waals surface area contributed by atoms with Gasteiger partial charge in [0.1, 0.15) is 5.75 Å². The molecule has 26 heavy (non-hydrogen) atoms. The van der Waals surface area contributed by atoms with Gasteiger partial charge in [-0.15, -0.1) is 0 Å². The van der Waals surface area contributed by atoms with Gasteiger partial charge in [-0.2, -0.15) is 0 Å². The minimum absolute atomic E-state index is 0.191. The summed E-state index contributed by atoms with van der Waals surface area (Å²) in [5.41, 5.74) is 1.32. The van der Waals surface area contributed by atoms with Gasteiger partial charge in [0, 0.05) is 23.7 Å². The molecule has 0 aliphatic rings. The summed E-state index contributed by atoms with van der Waals surface area (Å²) in [6.45, 7) is 2.25. The highest BCUT2D eigenvalue weighted by atomic mass is 35.5. The first-order valence-electron chi connectivity index (χ1n) is 8.20. The van der Waals surface area contributed by atoms with Crippen molar-refractivity contribution in [1.82, 2.24) is 4.90 Å². The average Bonchev–Trinajstić information content (AvgIpc) is 2.67. The number of esters is 1. The van der Waals surface area contributed by atoms with E-state index in [1.54, 1.807) is 49.3 Å². The Morgan fingerprint density at radius 3 is 2.31 bits per heavy atom. The van der Waals surface area contributed by atoms with Gasteiger partial charge < -0.3 is 14.4 Å². The predicted octanol–water partition coefficient (Wildman–Crippen LogP) is 3.80. The summed E-state index contributed by atoms with van der Waals surface area (Å²) in [6, 6.07) is 14.2. The van der Waals surface area contributed by atoms with Gasteiger partial charge in [0.2, 0.25) is 0 Å². The Morgan fingerprint density at radius 2 is 1.73 bits per heavy atom. The fourth-order valence-electron chi connectivity index (χ4n) is 2.57. The van der Waals surface area contributed by atoms with Gasteiger partial charge in [0.05, 0.1) is 20.1 Å². The average molecular weight is 376 g/mol. The number of rotatable bonds is 7. The Kier molecular flexibility index (Phi) is 7.04. The number of carbonyl (C=O) groups is 2. The molecule has 1 unspecified atom stereocenters. The molecule has 0 radical (unpaired) electrons. The van der Waals surface area contributed by atoms with Gasteiger partial charge >= 0.3 is 5.97 Å². The second-order valence-corrected chi connectivity index (χ2v) is 6.34. The molecule has 2 aromatic rings. The minimum atomic E-state index is -0.454. The van der Waals surface area contributed by atoms with E-state index in [-0.39, 0.29) is 18.4 Å². The molecule has 0 aromatic heterocycles. The van der Waals surface area contributed by atoms with Crippen LogP contribution in [0.1, 0.15) is 22.8 Å². The van der Waals surface area contributed by atoms with Crippen molar-refractivity contribution in [3.8, 4) is 5.75 Å². The van der Waals surface area contributed by atoms with Gasteiger partial charge in [0.15, 0.2) is 0 Å². The number of benzene rings is 2. The number of nitrogens with zero attached hydrogens (tertiary/aromatic N) is 1. The number of amides is 1. The molecule has 1 atom stereocenters. The molecule has 2 rings (SSSR count). The Hall–Kier alpha value is -2.53. The molecule has 6 heteroatoms. The van der Waals surface area contributed by atoms with Crippen LogP contribution in [0.4, 0.5) is 0 Å². The third-order valence-electron chi connectivity index (χ3n) is 4.04. The van der Waals surface area contributed by atoms with Crippen LogP contribution < -0.4 is 4.74 Å². The van der Waals surface area contributed by atoms with Crippen molar-refractivity contribution in [3.63, 3.8) is 0 Å². The highest BCUT2D eigenvalue weighted by molar-refractivity contribution is 6.31. The molecule has 0 fully saturated rings. The number of hydrogen-bond donors (Lipinski definition) is 0. The lowest BCUT2D eigenvalue weighted by atomic mass is 10.1. The Morgan fingerprint density at radius 1 is 1.08 bits per heavy atom. The SMILES string of the molecule is COC(=O)C(C)CN(Cc1ccccc1Cl)C(=O)c1ccc(OC)cc1. The summed E-state index contributed by atoms with van der Waals surface area (Å²) < 4.78 is 9.91. The van der Waals surface area contributed by atoms with Crippen LogP contribution in [0.25, 0.3) is 0 Å². The van der Waals surface area contributed by atoms with E-state index >= 15 is 0 Å². The summed E-state index contributed by atoms with van der Waals surface area (Å²) in [5.74, 6) is -0.341. The molecular formula is C20H22ClNO4. The van der Waals surface area contributed by atoms with Crippen LogP contribution in [-0.4, -0.2) is 37.5 Å². The first kappa shape index (κ1) is 19.8. The molecule has 0 aliphatic heterocycles. The largest absolute Gasteiger partial charge is 0.497 e. The monoisotopic (exact) mass is 375 g/mol. The summed E-state index contributed by atoms with van der Waals surface area (Å²) in [5, 5.41) is 0.575. The van der Waals surface area contributed by atoms with Crippen molar-refractivity contribution in [2.75, 3.05) is 20.8 Å². The van der Waals surface area contributed by atoms with Crippen molar-refractivity contribution < 1.29 is 19.1 Å². The standard InChI is InChI=1S/C20H22ClNO4/c1-14(20(24)26-3)12-22(13-16-6-4-5-7-18(16)21)19(23)15-8-10-17(25-2)11-9-15/h4-11,14H,12-13H2,1-3H3.